The van der Waals surface area contributed by atoms with Crippen molar-refractivity contribution in [2.75, 3.05) is 5.75 Å². The molecule has 6 nitrogen and oxygen atoms in total. The molecule has 0 atom stereocenters. The highest BCUT2D eigenvalue weighted by molar-refractivity contribution is 7.99. The number of benzene rings is 1. The minimum absolute atomic E-state index is 0.163. The minimum Gasteiger partial charge on any atom is -0.284 e. The Morgan fingerprint density at radius 2 is 2.00 bits per heavy atom. The summed E-state index contributed by atoms with van der Waals surface area (Å²) in [6.07, 6.45) is 3.27. The summed E-state index contributed by atoms with van der Waals surface area (Å²) in [6, 6.07) is 8.94. The molecule has 4 aromatic rings. The number of pyridine rings is 1. The van der Waals surface area contributed by atoms with Gasteiger partial charge in [0.2, 0.25) is 5.16 Å². The third-order valence-corrected chi connectivity index (χ3v) is 4.56. The van der Waals surface area contributed by atoms with Crippen LogP contribution in [0.2, 0.25) is 5.02 Å². The SMILES string of the molecule is CCSc1nc2ncc3c(=O)n(-c4ccc(Cl)cc4)ccc3n2n1. The smallest absolute Gasteiger partial charge is 0.266 e. The molecule has 0 aliphatic carbocycles. The quantitative estimate of drug-likeness (QED) is 0.527. The van der Waals surface area contributed by atoms with Gasteiger partial charge in [-0.15, -0.1) is 5.10 Å². The first-order valence-corrected chi connectivity index (χ1v) is 8.69. The summed E-state index contributed by atoms with van der Waals surface area (Å²) in [7, 11) is 0. The zero-order chi connectivity index (χ0) is 16.7. The molecule has 0 unspecified atom stereocenters. The molecule has 0 fully saturated rings. The van der Waals surface area contributed by atoms with Gasteiger partial charge >= 0.3 is 0 Å². The fraction of sp³-hybridized carbons (Fsp3) is 0.125. The molecule has 0 saturated carbocycles. The van der Waals surface area contributed by atoms with Gasteiger partial charge in [-0.25, -0.2) is 4.98 Å². The lowest BCUT2D eigenvalue weighted by Gasteiger charge is -2.07. The summed E-state index contributed by atoms with van der Waals surface area (Å²) in [5.74, 6) is 1.36. The number of nitrogens with zero attached hydrogens (tertiary/aromatic N) is 5. The minimum atomic E-state index is -0.163. The van der Waals surface area contributed by atoms with E-state index in [1.807, 2.05) is 13.0 Å². The Kier molecular flexibility index (Phi) is 3.74. The molecule has 4 rings (SSSR count). The summed E-state index contributed by atoms with van der Waals surface area (Å²) in [5, 5.41) is 6.19. The molecule has 0 radical (unpaired) electrons. The highest BCUT2D eigenvalue weighted by Crippen LogP contribution is 2.17. The van der Waals surface area contributed by atoms with E-state index in [2.05, 4.69) is 15.1 Å². The van der Waals surface area contributed by atoms with E-state index in [1.165, 1.54) is 11.8 Å². The van der Waals surface area contributed by atoms with Gasteiger partial charge in [-0.05, 0) is 36.1 Å². The normalized spacial score (nSPS) is 11.4. The largest absolute Gasteiger partial charge is 0.284 e. The third-order valence-electron chi connectivity index (χ3n) is 3.59. The van der Waals surface area contributed by atoms with Crippen LogP contribution in [0.15, 0.2) is 52.7 Å². The highest BCUT2D eigenvalue weighted by Gasteiger charge is 2.12. The Balaban J connectivity index is 1.94. The Labute approximate surface area is 146 Å². The molecule has 3 aromatic heterocycles. The standard InChI is InChI=1S/C16H12ClN5OS/c1-2-24-16-19-15-18-9-12-13(22(15)20-16)7-8-21(14(12)23)11-5-3-10(17)4-6-11/h3-9H,2H2,1H3. The van der Waals surface area contributed by atoms with Crippen molar-refractivity contribution < 1.29 is 0 Å². The third kappa shape index (κ3) is 2.46. The summed E-state index contributed by atoms with van der Waals surface area (Å²) < 4.78 is 3.17. The number of thioether (sulfide) groups is 1. The van der Waals surface area contributed by atoms with Gasteiger partial charge in [0.15, 0.2) is 0 Å². The van der Waals surface area contributed by atoms with E-state index in [0.717, 1.165) is 11.4 Å². The zero-order valence-corrected chi connectivity index (χ0v) is 14.3. The molecule has 0 amide bonds. The summed E-state index contributed by atoms with van der Waals surface area (Å²) in [4.78, 5) is 21.4. The van der Waals surface area contributed by atoms with Crippen molar-refractivity contribution in [1.82, 2.24) is 24.1 Å². The van der Waals surface area contributed by atoms with Gasteiger partial charge in [0, 0.05) is 23.1 Å². The van der Waals surface area contributed by atoms with Crippen LogP contribution in [0, 0.1) is 0 Å². The van der Waals surface area contributed by atoms with Gasteiger partial charge in [-0.2, -0.15) is 9.50 Å². The molecule has 0 spiro atoms. The van der Waals surface area contributed by atoms with Crippen LogP contribution in [0.1, 0.15) is 6.92 Å². The van der Waals surface area contributed by atoms with E-state index in [1.54, 1.807) is 45.7 Å². The van der Waals surface area contributed by atoms with Gasteiger partial charge < -0.3 is 0 Å². The van der Waals surface area contributed by atoms with E-state index in [4.69, 9.17) is 11.6 Å². The van der Waals surface area contributed by atoms with Crippen molar-refractivity contribution in [3.63, 3.8) is 0 Å². The molecule has 0 aliphatic heterocycles. The summed E-state index contributed by atoms with van der Waals surface area (Å²) in [6.45, 7) is 2.03. The first-order valence-electron chi connectivity index (χ1n) is 7.33. The molecular formula is C16H12ClN5OS. The second-order valence-electron chi connectivity index (χ2n) is 5.06. The van der Waals surface area contributed by atoms with Crippen molar-refractivity contribution in [3.05, 3.63) is 58.1 Å². The maximum atomic E-state index is 12.8. The van der Waals surface area contributed by atoms with Gasteiger partial charge in [0.1, 0.15) is 0 Å². The van der Waals surface area contributed by atoms with Crippen molar-refractivity contribution in [1.29, 1.82) is 0 Å². The Morgan fingerprint density at radius 3 is 2.75 bits per heavy atom. The number of hydrogen-bond acceptors (Lipinski definition) is 5. The average Bonchev–Trinajstić information content (AvgIpc) is 2.99. The highest BCUT2D eigenvalue weighted by atomic mass is 35.5. The number of fused-ring (bicyclic) bond motifs is 3. The van der Waals surface area contributed by atoms with Gasteiger partial charge in [0.05, 0.1) is 10.9 Å². The maximum Gasteiger partial charge on any atom is 0.266 e. The molecule has 1 aromatic carbocycles. The van der Waals surface area contributed by atoms with Crippen LogP contribution >= 0.6 is 23.4 Å². The molecule has 0 bridgehead atoms. The van der Waals surface area contributed by atoms with Crippen molar-refractivity contribution in [2.24, 2.45) is 0 Å². The van der Waals surface area contributed by atoms with Crippen molar-refractivity contribution >= 4 is 40.0 Å². The van der Waals surface area contributed by atoms with Gasteiger partial charge in [-0.1, -0.05) is 30.3 Å². The van der Waals surface area contributed by atoms with Gasteiger partial charge in [0.25, 0.3) is 11.3 Å². The zero-order valence-electron chi connectivity index (χ0n) is 12.7. The first kappa shape index (κ1) is 15.2. The van der Waals surface area contributed by atoms with E-state index < -0.39 is 0 Å². The molecule has 0 saturated heterocycles. The first-order chi connectivity index (χ1) is 11.7. The van der Waals surface area contributed by atoms with Crippen molar-refractivity contribution in [3.8, 4) is 5.69 Å². The van der Waals surface area contributed by atoms with E-state index in [-0.39, 0.29) is 5.56 Å². The maximum absolute atomic E-state index is 12.8. The summed E-state index contributed by atoms with van der Waals surface area (Å²) in [5.41, 5.74) is 1.27. The lowest BCUT2D eigenvalue weighted by Crippen LogP contribution is -2.18. The summed E-state index contributed by atoms with van der Waals surface area (Å²) >= 11 is 7.45. The number of rotatable bonds is 3. The van der Waals surface area contributed by atoms with Crippen LogP contribution in [-0.2, 0) is 0 Å². The van der Waals surface area contributed by atoms with E-state index in [9.17, 15) is 4.79 Å². The van der Waals surface area contributed by atoms with Crippen LogP contribution in [-0.4, -0.2) is 29.9 Å². The Bertz CT molecular complexity index is 1100. The molecule has 120 valence electrons. The predicted octanol–water partition coefficient (Wildman–Crippen LogP) is 3.19. The van der Waals surface area contributed by atoms with Crippen LogP contribution < -0.4 is 5.56 Å². The number of halogens is 1. The molecular weight excluding hydrogens is 346 g/mol. The topological polar surface area (TPSA) is 65.1 Å². The molecule has 0 aliphatic rings. The lowest BCUT2D eigenvalue weighted by molar-refractivity contribution is 0.903. The molecule has 3 heterocycles. The lowest BCUT2D eigenvalue weighted by atomic mass is 10.2. The van der Waals surface area contributed by atoms with Crippen LogP contribution in [0.3, 0.4) is 0 Å². The predicted molar refractivity (Wildman–Crippen MR) is 95.3 cm³/mol. The Morgan fingerprint density at radius 1 is 1.21 bits per heavy atom. The second-order valence-corrected chi connectivity index (χ2v) is 6.73. The van der Waals surface area contributed by atoms with Crippen LogP contribution in [0.25, 0.3) is 22.4 Å². The molecule has 24 heavy (non-hydrogen) atoms. The van der Waals surface area contributed by atoms with Gasteiger partial charge in [-0.3, -0.25) is 9.36 Å². The number of hydrogen-bond donors (Lipinski definition) is 0. The Hall–Kier alpha value is -2.38. The van der Waals surface area contributed by atoms with E-state index in [0.29, 0.717) is 26.9 Å². The fourth-order valence-electron chi connectivity index (χ4n) is 2.50. The van der Waals surface area contributed by atoms with Crippen LogP contribution in [0.4, 0.5) is 0 Å². The van der Waals surface area contributed by atoms with Crippen molar-refractivity contribution in [2.45, 2.75) is 12.1 Å². The molecule has 8 heteroatoms. The fourth-order valence-corrected chi connectivity index (χ4v) is 3.17. The second kappa shape index (κ2) is 5.92. The molecule has 0 N–H and O–H groups in total. The monoisotopic (exact) mass is 357 g/mol. The number of aromatic nitrogens is 5. The van der Waals surface area contributed by atoms with Crippen LogP contribution in [0.5, 0.6) is 0 Å². The van der Waals surface area contributed by atoms with E-state index >= 15 is 0 Å². The average molecular weight is 358 g/mol.